The lowest BCUT2D eigenvalue weighted by Gasteiger charge is -2.11. The molecule has 19 heavy (non-hydrogen) atoms. The molecular weight excluding hydrogens is 246 g/mol. The SMILES string of the molecule is COCCOCC(=O)Cc1ncc(C)c(OC)c1C. The molecule has 0 spiro atoms. The molecule has 5 heteroatoms. The summed E-state index contributed by atoms with van der Waals surface area (Å²) in [5, 5.41) is 0. The van der Waals surface area contributed by atoms with Gasteiger partial charge in [0.25, 0.3) is 0 Å². The molecule has 0 amide bonds. The summed E-state index contributed by atoms with van der Waals surface area (Å²) in [5.74, 6) is 0.788. The van der Waals surface area contributed by atoms with E-state index in [0.717, 1.165) is 22.6 Å². The van der Waals surface area contributed by atoms with Crippen LogP contribution < -0.4 is 4.74 Å². The normalized spacial score (nSPS) is 10.5. The average molecular weight is 267 g/mol. The third-order valence-electron chi connectivity index (χ3n) is 2.81. The predicted molar refractivity (Wildman–Crippen MR) is 71.7 cm³/mol. The standard InChI is InChI=1S/C14H21NO4/c1-10-8-15-13(11(2)14(10)18-4)7-12(16)9-19-6-5-17-3/h8H,5-7,9H2,1-4H3. The molecule has 1 aromatic heterocycles. The van der Waals surface area contributed by atoms with Crippen LogP contribution in [0.4, 0.5) is 0 Å². The van der Waals surface area contributed by atoms with Crippen LogP contribution in [0.25, 0.3) is 0 Å². The van der Waals surface area contributed by atoms with Crippen LogP contribution in [0.3, 0.4) is 0 Å². The highest BCUT2D eigenvalue weighted by atomic mass is 16.5. The minimum Gasteiger partial charge on any atom is -0.496 e. The van der Waals surface area contributed by atoms with Crippen molar-refractivity contribution in [3.63, 3.8) is 0 Å². The van der Waals surface area contributed by atoms with Gasteiger partial charge in [0.15, 0.2) is 5.78 Å². The fourth-order valence-electron chi connectivity index (χ4n) is 1.82. The third kappa shape index (κ3) is 4.61. The molecular formula is C14H21NO4. The van der Waals surface area contributed by atoms with Gasteiger partial charge in [-0.05, 0) is 13.8 Å². The lowest BCUT2D eigenvalue weighted by atomic mass is 10.1. The molecule has 0 aliphatic heterocycles. The summed E-state index contributed by atoms with van der Waals surface area (Å²) in [7, 11) is 3.21. The lowest BCUT2D eigenvalue weighted by Crippen LogP contribution is -2.15. The van der Waals surface area contributed by atoms with Crippen molar-refractivity contribution in [2.75, 3.05) is 34.0 Å². The first kappa shape index (κ1) is 15.6. The molecule has 1 aromatic rings. The summed E-state index contributed by atoms with van der Waals surface area (Å²) in [4.78, 5) is 16.1. The van der Waals surface area contributed by atoms with Crippen LogP contribution in [0.2, 0.25) is 0 Å². The number of pyridine rings is 1. The molecule has 106 valence electrons. The highest BCUT2D eigenvalue weighted by Gasteiger charge is 2.12. The molecule has 0 saturated heterocycles. The van der Waals surface area contributed by atoms with E-state index in [1.807, 2.05) is 13.8 Å². The Kier molecular flexibility index (Phi) is 6.45. The quantitative estimate of drug-likeness (QED) is 0.668. The van der Waals surface area contributed by atoms with E-state index in [2.05, 4.69) is 4.98 Å². The molecule has 0 saturated carbocycles. The summed E-state index contributed by atoms with van der Waals surface area (Å²) >= 11 is 0. The molecule has 0 bridgehead atoms. The van der Waals surface area contributed by atoms with E-state index in [1.165, 1.54) is 0 Å². The number of rotatable bonds is 8. The Balaban J connectivity index is 2.59. The highest BCUT2D eigenvalue weighted by molar-refractivity contribution is 5.82. The first-order valence-electron chi connectivity index (χ1n) is 6.17. The van der Waals surface area contributed by atoms with Crippen molar-refractivity contribution < 1.29 is 19.0 Å². The fourth-order valence-corrected chi connectivity index (χ4v) is 1.82. The maximum absolute atomic E-state index is 11.8. The van der Waals surface area contributed by atoms with Crippen molar-refractivity contribution in [3.05, 3.63) is 23.0 Å². The predicted octanol–water partition coefficient (Wildman–Crippen LogP) is 1.48. The molecule has 0 N–H and O–H groups in total. The summed E-state index contributed by atoms with van der Waals surface area (Å²) in [5.41, 5.74) is 2.61. The van der Waals surface area contributed by atoms with Gasteiger partial charge in [0.05, 0.1) is 32.4 Å². The van der Waals surface area contributed by atoms with Gasteiger partial charge in [0.1, 0.15) is 12.4 Å². The minimum atomic E-state index is -0.00221. The number of Topliss-reactive ketones (excluding diaryl/α,β-unsaturated/α-hetero) is 1. The second kappa shape index (κ2) is 7.86. The summed E-state index contributed by atoms with van der Waals surface area (Å²) < 4.78 is 15.3. The van der Waals surface area contributed by atoms with Crippen LogP contribution in [0.5, 0.6) is 5.75 Å². The van der Waals surface area contributed by atoms with Crippen LogP contribution in [0.1, 0.15) is 16.8 Å². The highest BCUT2D eigenvalue weighted by Crippen LogP contribution is 2.24. The van der Waals surface area contributed by atoms with Crippen molar-refractivity contribution in [3.8, 4) is 5.75 Å². The summed E-state index contributed by atoms with van der Waals surface area (Å²) in [6.07, 6.45) is 1.98. The van der Waals surface area contributed by atoms with Gasteiger partial charge in [0, 0.05) is 24.4 Å². The second-order valence-electron chi connectivity index (χ2n) is 4.31. The van der Waals surface area contributed by atoms with Gasteiger partial charge in [-0.1, -0.05) is 0 Å². The molecule has 1 rings (SSSR count). The van der Waals surface area contributed by atoms with Crippen LogP contribution in [-0.4, -0.2) is 44.8 Å². The van der Waals surface area contributed by atoms with E-state index in [1.54, 1.807) is 20.4 Å². The first-order valence-corrected chi connectivity index (χ1v) is 6.17. The Morgan fingerprint density at radius 2 is 2.00 bits per heavy atom. The summed E-state index contributed by atoms with van der Waals surface area (Å²) in [6, 6.07) is 0. The Morgan fingerprint density at radius 1 is 1.26 bits per heavy atom. The number of carbonyl (C=O) groups excluding carboxylic acids is 1. The second-order valence-corrected chi connectivity index (χ2v) is 4.31. The molecule has 1 heterocycles. The van der Waals surface area contributed by atoms with Crippen molar-refractivity contribution in [2.24, 2.45) is 0 Å². The monoisotopic (exact) mass is 267 g/mol. The molecule has 0 fully saturated rings. The fraction of sp³-hybridized carbons (Fsp3) is 0.571. The summed E-state index contributed by atoms with van der Waals surface area (Å²) in [6.45, 7) is 4.83. The average Bonchev–Trinajstić information content (AvgIpc) is 2.39. The zero-order valence-corrected chi connectivity index (χ0v) is 12.0. The van der Waals surface area contributed by atoms with Gasteiger partial charge in [0.2, 0.25) is 0 Å². The first-order chi connectivity index (χ1) is 9.10. The number of ketones is 1. The number of carbonyl (C=O) groups is 1. The molecule has 0 aromatic carbocycles. The minimum absolute atomic E-state index is 0.00221. The van der Waals surface area contributed by atoms with Crippen LogP contribution in [0, 0.1) is 13.8 Å². The van der Waals surface area contributed by atoms with E-state index in [0.29, 0.717) is 13.2 Å². The number of hydrogen-bond donors (Lipinski definition) is 0. The molecule has 0 unspecified atom stereocenters. The number of nitrogens with zero attached hydrogens (tertiary/aromatic N) is 1. The topological polar surface area (TPSA) is 57.7 Å². The molecule has 0 radical (unpaired) electrons. The van der Waals surface area contributed by atoms with Gasteiger partial charge >= 0.3 is 0 Å². The van der Waals surface area contributed by atoms with Gasteiger partial charge < -0.3 is 14.2 Å². The lowest BCUT2D eigenvalue weighted by molar-refractivity contribution is -0.123. The Bertz CT molecular complexity index is 432. The zero-order chi connectivity index (χ0) is 14.3. The van der Waals surface area contributed by atoms with E-state index in [4.69, 9.17) is 14.2 Å². The number of methoxy groups -OCH3 is 2. The number of aryl methyl sites for hydroxylation is 1. The number of ether oxygens (including phenoxy) is 3. The van der Waals surface area contributed by atoms with Crippen molar-refractivity contribution in [1.82, 2.24) is 4.98 Å². The van der Waals surface area contributed by atoms with E-state index in [-0.39, 0.29) is 18.8 Å². The number of aromatic nitrogens is 1. The van der Waals surface area contributed by atoms with Gasteiger partial charge in [-0.25, -0.2) is 0 Å². The number of hydrogen-bond acceptors (Lipinski definition) is 5. The van der Waals surface area contributed by atoms with Crippen molar-refractivity contribution >= 4 is 5.78 Å². The third-order valence-corrected chi connectivity index (χ3v) is 2.81. The van der Waals surface area contributed by atoms with E-state index >= 15 is 0 Å². The Labute approximate surface area is 113 Å². The molecule has 0 atom stereocenters. The Morgan fingerprint density at radius 3 is 2.63 bits per heavy atom. The van der Waals surface area contributed by atoms with Crippen molar-refractivity contribution in [2.45, 2.75) is 20.3 Å². The van der Waals surface area contributed by atoms with Gasteiger partial charge in [-0.3, -0.25) is 9.78 Å². The molecule has 5 nitrogen and oxygen atoms in total. The maximum Gasteiger partial charge on any atom is 0.164 e. The van der Waals surface area contributed by atoms with E-state index < -0.39 is 0 Å². The Hall–Kier alpha value is -1.46. The van der Waals surface area contributed by atoms with Gasteiger partial charge in [-0.2, -0.15) is 0 Å². The molecule has 0 aliphatic carbocycles. The van der Waals surface area contributed by atoms with E-state index in [9.17, 15) is 4.79 Å². The molecule has 0 aliphatic rings. The van der Waals surface area contributed by atoms with Crippen LogP contribution >= 0.6 is 0 Å². The van der Waals surface area contributed by atoms with Crippen molar-refractivity contribution in [1.29, 1.82) is 0 Å². The van der Waals surface area contributed by atoms with Crippen LogP contribution in [0.15, 0.2) is 6.20 Å². The largest absolute Gasteiger partial charge is 0.496 e. The smallest absolute Gasteiger partial charge is 0.164 e. The van der Waals surface area contributed by atoms with Gasteiger partial charge in [-0.15, -0.1) is 0 Å². The maximum atomic E-state index is 11.8. The zero-order valence-electron chi connectivity index (χ0n) is 12.0. The van der Waals surface area contributed by atoms with Crippen LogP contribution in [-0.2, 0) is 20.7 Å².